The number of nitrogens with zero attached hydrogens (tertiary/aromatic N) is 5. The summed E-state index contributed by atoms with van der Waals surface area (Å²) in [6.07, 6.45) is 5.80. The number of rotatable bonds is 5. The number of benzene rings is 1. The van der Waals surface area contributed by atoms with Gasteiger partial charge >= 0.3 is 0 Å². The van der Waals surface area contributed by atoms with E-state index < -0.39 is 0 Å². The van der Waals surface area contributed by atoms with Crippen LogP contribution < -0.4 is 5.73 Å². The highest BCUT2D eigenvalue weighted by atomic mass is 15.3. The summed E-state index contributed by atoms with van der Waals surface area (Å²) in [5.41, 5.74) is 7.21. The van der Waals surface area contributed by atoms with Crippen molar-refractivity contribution in [2.75, 3.05) is 7.05 Å². The van der Waals surface area contributed by atoms with Crippen LogP contribution in [0.5, 0.6) is 0 Å². The van der Waals surface area contributed by atoms with Crippen molar-refractivity contribution in [2.45, 2.75) is 37.9 Å². The van der Waals surface area contributed by atoms with Gasteiger partial charge in [-0.2, -0.15) is 0 Å². The lowest BCUT2D eigenvalue weighted by Gasteiger charge is -2.31. The minimum absolute atomic E-state index is 0.327. The first kappa shape index (κ1) is 16.2. The van der Waals surface area contributed by atoms with Crippen LogP contribution in [0.25, 0.3) is 10.8 Å². The summed E-state index contributed by atoms with van der Waals surface area (Å²) < 4.78 is 2.14. The Labute approximate surface area is 147 Å². The van der Waals surface area contributed by atoms with Crippen molar-refractivity contribution in [3.63, 3.8) is 0 Å². The van der Waals surface area contributed by atoms with Crippen LogP contribution in [0.3, 0.4) is 0 Å². The topological polar surface area (TPSA) is 72.9 Å². The van der Waals surface area contributed by atoms with E-state index in [0.717, 1.165) is 37.6 Å². The van der Waals surface area contributed by atoms with Crippen LogP contribution >= 0.6 is 0 Å². The monoisotopic (exact) mass is 336 g/mol. The molecule has 0 saturated heterocycles. The fraction of sp³-hybridized carbons (Fsp3) is 0.421. The molecule has 25 heavy (non-hydrogen) atoms. The van der Waals surface area contributed by atoms with Gasteiger partial charge in [0.1, 0.15) is 11.6 Å². The van der Waals surface area contributed by atoms with Crippen molar-refractivity contribution in [3.05, 3.63) is 53.9 Å². The van der Waals surface area contributed by atoms with E-state index in [0.29, 0.717) is 12.0 Å². The molecule has 2 aromatic heterocycles. The number of pyridine rings is 1. The van der Waals surface area contributed by atoms with Gasteiger partial charge < -0.3 is 10.3 Å². The number of fused-ring (bicyclic) bond motifs is 1. The Hall–Kier alpha value is -2.31. The molecule has 0 aliphatic heterocycles. The summed E-state index contributed by atoms with van der Waals surface area (Å²) in [5.74, 6) is 2.54. The zero-order valence-corrected chi connectivity index (χ0v) is 14.8. The molecule has 0 spiro atoms. The maximum absolute atomic E-state index is 5.91. The lowest BCUT2D eigenvalue weighted by Crippen LogP contribution is -2.36. The standard InChI is InChI=1S/C19H24N6/c1-24(11-14-5-3-4-13-10-21-7-6-17(13)14)12-18-22-23-19(25(18)2)15-8-16(20)9-15/h3-7,10,15-16H,8-9,11-12,20H2,1-2H3. The second-order valence-corrected chi connectivity index (χ2v) is 7.15. The fourth-order valence-electron chi connectivity index (χ4n) is 3.66. The summed E-state index contributed by atoms with van der Waals surface area (Å²) in [6.45, 7) is 1.63. The first-order valence-corrected chi connectivity index (χ1v) is 8.75. The molecule has 3 aromatic rings. The Morgan fingerprint density at radius 3 is 2.84 bits per heavy atom. The van der Waals surface area contributed by atoms with E-state index in [-0.39, 0.29) is 0 Å². The molecule has 0 radical (unpaired) electrons. The van der Waals surface area contributed by atoms with Crippen LogP contribution in [-0.4, -0.2) is 37.7 Å². The molecular formula is C19H24N6. The quantitative estimate of drug-likeness (QED) is 0.773. The Kier molecular flexibility index (Phi) is 4.23. The SMILES string of the molecule is CN(Cc1cccc2cnccc12)Cc1nnc(C2CC(N)C2)n1C. The van der Waals surface area contributed by atoms with Crippen molar-refractivity contribution < 1.29 is 0 Å². The normalized spacial score (nSPS) is 20.2. The van der Waals surface area contributed by atoms with Crippen LogP contribution in [0.15, 0.2) is 36.7 Å². The molecule has 6 heteroatoms. The minimum Gasteiger partial charge on any atom is -0.328 e. The van der Waals surface area contributed by atoms with Crippen LogP contribution in [0.2, 0.25) is 0 Å². The third-order valence-electron chi connectivity index (χ3n) is 5.16. The number of nitrogens with two attached hydrogens (primary N) is 1. The predicted molar refractivity (Wildman–Crippen MR) is 97.9 cm³/mol. The molecule has 0 atom stereocenters. The molecule has 1 fully saturated rings. The highest BCUT2D eigenvalue weighted by Gasteiger charge is 2.31. The largest absolute Gasteiger partial charge is 0.328 e. The average molecular weight is 336 g/mol. The summed E-state index contributed by atoms with van der Waals surface area (Å²) in [5, 5.41) is 11.2. The van der Waals surface area contributed by atoms with Crippen molar-refractivity contribution in [1.82, 2.24) is 24.6 Å². The van der Waals surface area contributed by atoms with Crippen LogP contribution in [0.4, 0.5) is 0 Å². The Morgan fingerprint density at radius 1 is 1.20 bits per heavy atom. The van der Waals surface area contributed by atoms with Gasteiger partial charge in [-0.1, -0.05) is 18.2 Å². The second-order valence-electron chi connectivity index (χ2n) is 7.15. The highest BCUT2D eigenvalue weighted by Crippen LogP contribution is 2.34. The molecule has 1 aliphatic rings. The highest BCUT2D eigenvalue weighted by molar-refractivity contribution is 5.84. The zero-order valence-electron chi connectivity index (χ0n) is 14.8. The van der Waals surface area contributed by atoms with E-state index >= 15 is 0 Å². The van der Waals surface area contributed by atoms with Gasteiger partial charge in [-0.05, 0) is 36.9 Å². The van der Waals surface area contributed by atoms with Gasteiger partial charge in [0.2, 0.25) is 0 Å². The molecule has 130 valence electrons. The molecule has 1 aliphatic carbocycles. The molecule has 0 amide bonds. The van der Waals surface area contributed by atoms with Gasteiger partial charge in [-0.3, -0.25) is 9.88 Å². The average Bonchev–Trinajstić information content (AvgIpc) is 2.93. The Balaban J connectivity index is 1.48. The molecule has 2 heterocycles. The summed E-state index contributed by atoms with van der Waals surface area (Å²) in [6, 6.07) is 8.78. The maximum atomic E-state index is 5.91. The molecule has 0 unspecified atom stereocenters. The van der Waals surface area contributed by atoms with Gasteiger partial charge in [0.05, 0.1) is 6.54 Å². The van der Waals surface area contributed by atoms with Crippen LogP contribution in [-0.2, 0) is 20.1 Å². The molecule has 1 aromatic carbocycles. The second kappa shape index (κ2) is 6.54. The Bertz CT molecular complexity index is 875. The predicted octanol–water partition coefficient (Wildman–Crippen LogP) is 2.20. The van der Waals surface area contributed by atoms with E-state index in [1.807, 2.05) is 12.4 Å². The smallest absolute Gasteiger partial charge is 0.146 e. The fourth-order valence-corrected chi connectivity index (χ4v) is 3.66. The van der Waals surface area contributed by atoms with Gasteiger partial charge in [0, 0.05) is 43.3 Å². The first-order valence-electron chi connectivity index (χ1n) is 8.75. The van der Waals surface area contributed by atoms with E-state index in [9.17, 15) is 0 Å². The van der Waals surface area contributed by atoms with Gasteiger partial charge in [0.15, 0.2) is 0 Å². The minimum atomic E-state index is 0.327. The number of aromatic nitrogens is 4. The van der Waals surface area contributed by atoms with E-state index in [2.05, 4.69) is 63.0 Å². The third kappa shape index (κ3) is 3.15. The molecular weight excluding hydrogens is 312 g/mol. The Morgan fingerprint density at radius 2 is 2.04 bits per heavy atom. The van der Waals surface area contributed by atoms with E-state index in [4.69, 9.17) is 5.73 Å². The molecule has 6 nitrogen and oxygen atoms in total. The number of hydrogen-bond donors (Lipinski definition) is 1. The van der Waals surface area contributed by atoms with Crippen molar-refractivity contribution >= 4 is 10.8 Å². The summed E-state index contributed by atoms with van der Waals surface area (Å²) >= 11 is 0. The van der Waals surface area contributed by atoms with E-state index in [1.165, 1.54) is 16.3 Å². The number of hydrogen-bond acceptors (Lipinski definition) is 5. The first-order chi connectivity index (χ1) is 12.1. The molecule has 0 bridgehead atoms. The van der Waals surface area contributed by atoms with Gasteiger partial charge in [0.25, 0.3) is 0 Å². The van der Waals surface area contributed by atoms with Gasteiger partial charge in [-0.25, -0.2) is 0 Å². The lowest BCUT2D eigenvalue weighted by atomic mass is 9.80. The summed E-state index contributed by atoms with van der Waals surface area (Å²) in [4.78, 5) is 6.48. The van der Waals surface area contributed by atoms with Crippen molar-refractivity contribution in [3.8, 4) is 0 Å². The molecule has 4 rings (SSSR count). The van der Waals surface area contributed by atoms with Crippen LogP contribution in [0.1, 0.15) is 36.0 Å². The maximum Gasteiger partial charge on any atom is 0.146 e. The van der Waals surface area contributed by atoms with Gasteiger partial charge in [-0.15, -0.1) is 10.2 Å². The summed E-state index contributed by atoms with van der Waals surface area (Å²) in [7, 11) is 4.18. The lowest BCUT2D eigenvalue weighted by molar-refractivity contribution is 0.303. The zero-order chi connectivity index (χ0) is 17.4. The molecule has 2 N–H and O–H groups in total. The van der Waals surface area contributed by atoms with Crippen molar-refractivity contribution in [2.24, 2.45) is 12.8 Å². The molecule has 1 saturated carbocycles. The van der Waals surface area contributed by atoms with E-state index in [1.54, 1.807) is 0 Å². The van der Waals surface area contributed by atoms with Crippen molar-refractivity contribution in [1.29, 1.82) is 0 Å². The third-order valence-corrected chi connectivity index (χ3v) is 5.16. The van der Waals surface area contributed by atoms with Crippen LogP contribution in [0, 0.1) is 0 Å².